The number of ketones is 1. The second kappa shape index (κ2) is 11.9. The van der Waals surface area contributed by atoms with Gasteiger partial charge < -0.3 is 20.3 Å². The van der Waals surface area contributed by atoms with Crippen LogP contribution in [-0.2, 0) is 9.59 Å². The summed E-state index contributed by atoms with van der Waals surface area (Å²) in [6, 6.07) is 16.9. The van der Waals surface area contributed by atoms with Crippen LogP contribution in [0.2, 0.25) is 0 Å². The number of benzene rings is 2. The Bertz CT molecular complexity index is 1350. The third kappa shape index (κ3) is 6.19. The van der Waals surface area contributed by atoms with Crippen LogP contribution in [0.25, 0.3) is 10.9 Å². The zero-order chi connectivity index (χ0) is 29.0. The monoisotopic (exact) mass is 546 g/mol. The predicted molar refractivity (Wildman–Crippen MR) is 153 cm³/mol. The van der Waals surface area contributed by atoms with Gasteiger partial charge in [-0.1, -0.05) is 82.1 Å². The maximum atomic E-state index is 13.8. The first kappa shape index (κ1) is 28.9. The van der Waals surface area contributed by atoms with E-state index in [0.29, 0.717) is 31.5 Å². The highest BCUT2D eigenvalue weighted by Gasteiger charge is 2.48. The number of unbranched alkanes of at least 4 members (excludes halogenated alkanes) is 1. The minimum atomic E-state index is -1.34. The topological polar surface area (TPSA) is 123 Å². The summed E-state index contributed by atoms with van der Waals surface area (Å²) in [6.07, 6.45) is -0.461. The van der Waals surface area contributed by atoms with Gasteiger partial charge in [0.2, 0.25) is 5.78 Å². The molecule has 3 aromatic rings. The SMILES string of the molecule is CCCC[C@@H](C(=O)C(=O)N[C@H](C)c1ccccc1)N(C(=O)O)C1CC(C)(C)CN1C(=O)c1cc2ccccc2[nH]1. The molecule has 3 atom stereocenters. The van der Waals surface area contributed by atoms with E-state index < -0.39 is 41.4 Å². The minimum Gasteiger partial charge on any atom is -0.465 e. The summed E-state index contributed by atoms with van der Waals surface area (Å²) in [5, 5.41) is 14.1. The zero-order valence-corrected chi connectivity index (χ0v) is 23.5. The van der Waals surface area contributed by atoms with Crippen LogP contribution in [0.3, 0.4) is 0 Å². The van der Waals surface area contributed by atoms with Crippen LogP contribution >= 0.6 is 0 Å². The first-order valence-corrected chi connectivity index (χ1v) is 13.8. The standard InChI is InChI=1S/C31H38N4O5/c1-5-6-16-25(27(36)28(37)32-20(2)21-12-8-7-9-13-21)35(30(39)40)26-18-31(3,4)19-34(26)29(38)24-17-22-14-10-11-15-23(22)33-24/h7-15,17,20,25-26,33H,5-6,16,18-19H2,1-4H3,(H,32,37)(H,39,40)/t20-,25+,26?/m1/s1. The van der Waals surface area contributed by atoms with Crippen LogP contribution < -0.4 is 5.32 Å². The molecule has 0 saturated carbocycles. The first-order valence-electron chi connectivity index (χ1n) is 13.8. The summed E-state index contributed by atoms with van der Waals surface area (Å²) in [7, 11) is 0. The fraction of sp³-hybridized carbons (Fsp3) is 0.419. The van der Waals surface area contributed by atoms with Gasteiger partial charge in [-0.2, -0.15) is 0 Å². The molecule has 0 spiro atoms. The Morgan fingerprint density at radius 3 is 2.42 bits per heavy atom. The van der Waals surface area contributed by atoms with Crippen LogP contribution in [0.15, 0.2) is 60.7 Å². The van der Waals surface area contributed by atoms with Gasteiger partial charge in [0.25, 0.3) is 11.8 Å². The number of fused-ring (bicyclic) bond motifs is 1. The van der Waals surface area contributed by atoms with Gasteiger partial charge in [0.05, 0.1) is 6.04 Å². The zero-order valence-electron chi connectivity index (χ0n) is 23.5. The summed E-state index contributed by atoms with van der Waals surface area (Å²) in [4.78, 5) is 59.1. The summed E-state index contributed by atoms with van der Waals surface area (Å²) >= 11 is 0. The fourth-order valence-electron chi connectivity index (χ4n) is 5.54. The molecule has 4 rings (SSSR count). The van der Waals surface area contributed by atoms with Crippen molar-refractivity contribution < 1.29 is 24.3 Å². The Kier molecular flexibility index (Phi) is 8.61. The molecule has 1 fully saturated rings. The molecule has 2 aromatic carbocycles. The fourth-order valence-corrected chi connectivity index (χ4v) is 5.54. The van der Waals surface area contributed by atoms with Gasteiger partial charge in [0.1, 0.15) is 17.9 Å². The first-order chi connectivity index (χ1) is 19.0. The number of nitrogens with one attached hydrogen (secondary N) is 2. The average Bonchev–Trinajstić information content (AvgIpc) is 3.50. The van der Waals surface area contributed by atoms with Gasteiger partial charge >= 0.3 is 6.09 Å². The Hall–Kier alpha value is -4.14. The van der Waals surface area contributed by atoms with Crippen molar-refractivity contribution in [2.45, 2.75) is 71.6 Å². The normalized spacial score (nSPS) is 17.8. The molecule has 1 aliphatic rings. The van der Waals surface area contributed by atoms with Crippen LogP contribution in [0.5, 0.6) is 0 Å². The van der Waals surface area contributed by atoms with Gasteiger partial charge in [-0.15, -0.1) is 0 Å². The third-order valence-corrected chi connectivity index (χ3v) is 7.60. The van der Waals surface area contributed by atoms with Gasteiger partial charge in [-0.05, 0) is 42.9 Å². The van der Waals surface area contributed by atoms with E-state index in [9.17, 15) is 24.3 Å². The minimum absolute atomic E-state index is 0.181. The number of rotatable bonds is 10. The number of aromatic nitrogens is 1. The lowest BCUT2D eigenvalue weighted by atomic mass is 9.91. The molecule has 1 aromatic heterocycles. The lowest BCUT2D eigenvalue weighted by Crippen LogP contribution is -2.58. The molecule has 9 heteroatoms. The van der Waals surface area contributed by atoms with Gasteiger partial charge in [-0.3, -0.25) is 19.3 Å². The molecule has 3 N–H and O–H groups in total. The molecule has 0 bridgehead atoms. The number of carbonyl (C=O) groups is 4. The van der Waals surface area contributed by atoms with E-state index in [1.165, 1.54) is 4.90 Å². The molecule has 9 nitrogen and oxygen atoms in total. The number of nitrogens with zero attached hydrogens (tertiary/aromatic N) is 2. The molecule has 2 heterocycles. The summed E-state index contributed by atoms with van der Waals surface area (Å²) in [5.41, 5.74) is 1.58. The van der Waals surface area contributed by atoms with Crippen LogP contribution in [-0.4, -0.2) is 62.3 Å². The lowest BCUT2D eigenvalue weighted by Gasteiger charge is -2.37. The van der Waals surface area contributed by atoms with Crippen molar-refractivity contribution in [3.63, 3.8) is 0 Å². The summed E-state index contributed by atoms with van der Waals surface area (Å²) in [6.45, 7) is 7.96. The summed E-state index contributed by atoms with van der Waals surface area (Å²) in [5.74, 6) is -2.00. The Morgan fingerprint density at radius 1 is 1.10 bits per heavy atom. The highest BCUT2D eigenvalue weighted by atomic mass is 16.4. The van der Waals surface area contributed by atoms with Crippen molar-refractivity contribution in [3.8, 4) is 0 Å². The van der Waals surface area contributed by atoms with Crippen molar-refractivity contribution in [1.82, 2.24) is 20.1 Å². The molecule has 0 aliphatic carbocycles. The molecule has 3 amide bonds. The molecule has 212 valence electrons. The smallest absolute Gasteiger partial charge is 0.409 e. The third-order valence-electron chi connectivity index (χ3n) is 7.60. The highest BCUT2D eigenvalue weighted by Crippen LogP contribution is 2.38. The Morgan fingerprint density at radius 2 is 1.77 bits per heavy atom. The van der Waals surface area contributed by atoms with E-state index >= 15 is 0 Å². The molecular weight excluding hydrogens is 508 g/mol. The lowest BCUT2D eigenvalue weighted by molar-refractivity contribution is -0.142. The highest BCUT2D eigenvalue weighted by molar-refractivity contribution is 6.38. The molecule has 40 heavy (non-hydrogen) atoms. The number of aromatic amines is 1. The molecule has 1 saturated heterocycles. The molecule has 0 radical (unpaired) electrons. The number of para-hydroxylation sites is 1. The quantitative estimate of drug-likeness (QED) is 0.296. The van der Waals surface area contributed by atoms with E-state index in [1.54, 1.807) is 13.0 Å². The Labute approximate surface area is 234 Å². The van der Waals surface area contributed by atoms with E-state index in [4.69, 9.17) is 0 Å². The number of H-pyrrole nitrogens is 1. The number of hydrogen-bond acceptors (Lipinski definition) is 4. The van der Waals surface area contributed by atoms with E-state index in [-0.39, 0.29) is 12.3 Å². The molecule has 1 aliphatic heterocycles. The molecular formula is C31H38N4O5. The van der Waals surface area contributed by atoms with Crippen molar-refractivity contribution in [2.75, 3.05) is 6.54 Å². The summed E-state index contributed by atoms with van der Waals surface area (Å²) < 4.78 is 0. The number of likely N-dealkylation sites (tertiary alicyclic amines) is 1. The Balaban J connectivity index is 1.64. The van der Waals surface area contributed by atoms with Crippen molar-refractivity contribution in [3.05, 3.63) is 71.9 Å². The van der Waals surface area contributed by atoms with E-state index in [0.717, 1.165) is 21.4 Å². The largest absolute Gasteiger partial charge is 0.465 e. The van der Waals surface area contributed by atoms with Crippen LogP contribution in [0.1, 0.15) is 75.5 Å². The van der Waals surface area contributed by atoms with Crippen molar-refractivity contribution in [1.29, 1.82) is 0 Å². The van der Waals surface area contributed by atoms with Gasteiger partial charge in [0, 0.05) is 17.4 Å². The average molecular weight is 547 g/mol. The van der Waals surface area contributed by atoms with E-state index in [1.807, 2.05) is 75.4 Å². The van der Waals surface area contributed by atoms with E-state index in [2.05, 4.69) is 10.3 Å². The van der Waals surface area contributed by atoms with Gasteiger partial charge in [0.15, 0.2) is 0 Å². The second-order valence-corrected chi connectivity index (χ2v) is 11.4. The predicted octanol–water partition coefficient (Wildman–Crippen LogP) is 5.35. The number of carbonyl (C=O) groups excluding carboxylic acids is 3. The second-order valence-electron chi connectivity index (χ2n) is 11.4. The maximum absolute atomic E-state index is 13.8. The number of carboxylic acid groups (broad SMARTS) is 1. The number of Topliss-reactive ketones (excluding diaryl/α,β-unsaturated/α-hetero) is 1. The number of hydrogen-bond donors (Lipinski definition) is 3. The van der Waals surface area contributed by atoms with Gasteiger partial charge in [-0.25, -0.2) is 4.79 Å². The van der Waals surface area contributed by atoms with Crippen molar-refractivity contribution in [2.24, 2.45) is 5.41 Å². The van der Waals surface area contributed by atoms with Crippen molar-refractivity contribution >= 4 is 34.6 Å². The van der Waals surface area contributed by atoms with Crippen LogP contribution in [0, 0.1) is 5.41 Å². The maximum Gasteiger partial charge on any atom is 0.409 e. The number of amides is 3. The molecule has 1 unspecified atom stereocenters. The van der Waals surface area contributed by atoms with Crippen LogP contribution in [0.4, 0.5) is 4.79 Å².